The van der Waals surface area contributed by atoms with Crippen LogP contribution in [-0.2, 0) is 23.7 Å². The third-order valence-electron chi connectivity index (χ3n) is 8.23. The molecule has 1 aliphatic carbocycles. The molecule has 2 amide bonds. The van der Waals surface area contributed by atoms with Crippen molar-refractivity contribution in [2.75, 3.05) is 11.9 Å². The molecule has 1 aliphatic heterocycles. The topological polar surface area (TPSA) is 52.6 Å². The molecule has 0 radical (unpaired) electrons. The number of benzene rings is 2. The van der Waals surface area contributed by atoms with Crippen LogP contribution in [0.3, 0.4) is 0 Å². The number of hydrogen-bond donors (Lipinski definition) is 2. The minimum atomic E-state index is -0.141. The van der Waals surface area contributed by atoms with Crippen molar-refractivity contribution < 1.29 is 9.90 Å². The summed E-state index contributed by atoms with van der Waals surface area (Å²) in [4.78, 5) is 15.5. The third kappa shape index (κ3) is 5.90. The summed E-state index contributed by atoms with van der Waals surface area (Å²) in [5, 5.41) is 14.3. The number of nitrogens with zero attached hydrogens (tertiary/aromatic N) is 1. The van der Waals surface area contributed by atoms with E-state index in [0.29, 0.717) is 17.7 Å². The Hall–Kier alpha value is -2.49. The number of carbonyl (C=O) groups is 1. The second-order valence-corrected chi connectivity index (χ2v) is 13.1. The van der Waals surface area contributed by atoms with E-state index in [9.17, 15) is 9.90 Å². The molecule has 0 aromatic heterocycles. The van der Waals surface area contributed by atoms with E-state index in [0.717, 1.165) is 54.6 Å². The number of urea groups is 1. The number of phenols is 1. The fourth-order valence-corrected chi connectivity index (χ4v) is 6.19. The fraction of sp³-hybridized carbons (Fsp3) is 0.594. The van der Waals surface area contributed by atoms with Crippen molar-refractivity contribution in [3.05, 3.63) is 58.7 Å². The Morgan fingerprint density at radius 1 is 0.917 bits per heavy atom. The SMILES string of the molecule is CC(C)(C)c1cc(CCc2ccccc2NC(=O)N2CCCC3CCCCC32)cc(C(C)(C)C)c1O. The number of amides is 2. The van der Waals surface area contributed by atoms with Crippen LogP contribution in [0.2, 0.25) is 0 Å². The number of rotatable bonds is 4. The lowest BCUT2D eigenvalue weighted by Gasteiger charge is -2.44. The standard InChI is InChI=1S/C32H46N2O2/c1-31(2,3)25-20-22(21-26(29(25)35)32(4,5)6)17-18-23-12-7-9-15-27(23)33-30(36)34-19-11-14-24-13-8-10-16-28(24)34/h7,9,12,15,20-21,24,28,35H,8,10-11,13-14,16-19H2,1-6H3,(H,33,36). The highest BCUT2D eigenvalue weighted by molar-refractivity contribution is 5.90. The average molecular weight is 491 g/mol. The first-order valence-corrected chi connectivity index (χ1v) is 14.0. The molecule has 2 aliphatic rings. The molecule has 2 atom stereocenters. The van der Waals surface area contributed by atoms with Gasteiger partial charge in [-0.15, -0.1) is 0 Å². The first kappa shape index (κ1) is 26.6. The van der Waals surface area contributed by atoms with Gasteiger partial charge in [0.15, 0.2) is 0 Å². The van der Waals surface area contributed by atoms with Crippen molar-refractivity contribution in [2.24, 2.45) is 5.92 Å². The predicted molar refractivity (Wildman–Crippen MR) is 150 cm³/mol. The summed E-state index contributed by atoms with van der Waals surface area (Å²) in [5.41, 5.74) is 5.02. The van der Waals surface area contributed by atoms with Crippen molar-refractivity contribution in [1.82, 2.24) is 4.90 Å². The monoisotopic (exact) mass is 490 g/mol. The number of phenolic OH excluding ortho intramolecular Hbond substituents is 1. The van der Waals surface area contributed by atoms with E-state index in [4.69, 9.17) is 0 Å². The lowest BCUT2D eigenvalue weighted by molar-refractivity contribution is 0.0909. The van der Waals surface area contributed by atoms with E-state index in [1.54, 1.807) is 0 Å². The Bertz CT molecular complexity index is 1040. The molecule has 2 unspecified atom stereocenters. The summed E-state index contributed by atoms with van der Waals surface area (Å²) < 4.78 is 0. The maximum Gasteiger partial charge on any atom is 0.322 e. The largest absolute Gasteiger partial charge is 0.507 e. The molecule has 0 spiro atoms. The minimum absolute atomic E-state index is 0.0636. The number of aryl methyl sites for hydroxylation is 2. The van der Waals surface area contributed by atoms with Crippen LogP contribution >= 0.6 is 0 Å². The molecule has 2 aromatic rings. The van der Waals surface area contributed by atoms with Gasteiger partial charge in [-0.3, -0.25) is 0 Å². The zero-order valence-corrected chi connectivity index (χ0v) is 23.3. The van der Waals surface area contributed by atoms with Gasteiger partial charge in [-0.25, -0.2) is 4.79 Å². The highest BCUT2D eigenvalue weighted by atomic mass is 16.3. The van der Waals surface area contributed by atoms with Crippen LogP contribution in [0.15, 0.2) is 36.4 Å². The summed E-state index contributed by atoms with van der Waals surface area (Å²) >= 11 is 0. The molecule has 0 bridgehead atoms. The van der Waals surface area contributed by atoms with Crippen molar-refractivity contribution in [1.29, 1.82) is 0 Å². The van der Waals surface area contributed by atoms with Gasteiger partial charge < -0.3 is 15.3 Å². The lowest BCUT2D eigenvalue weighted by atomic mass is 9.78. The van der Waals surface area contributed by atoms with E-state index < -0.39 is 0 Å². The van der Waals surface area contributed by atoms with Crippen LogP contribution in [0.5, 0.6) is 5.75 Å². The van der Waals surface area contributed by atoms with E-state index in [-0.39, 0.29) is 16.9 Å². The summed E-state index contributed by atoms with van der Waals surface area (Å²) in [7, 11) is 0. The lowest BCUT2D eigenvalue weighted by Crippen LogP contribution is -2.51. The van der Waals surface area contributed by atoms with Crippen molar-refractivity contribution in [3.63, 3.8) is 0 Å². The number of aromatic hydroxyl groups is 1. The summed E-state index contributed by atoms with van der Waals surface area (Å²) in [6, 6.07) is 13.0. The number of para-hydroxylation sites is 1. The molecule has 2 fully saturated rings. The van der Waals surface area contributed by atoms with Gasteiger partial charge in [0.1, 0.15) is 5.75 Å². The van der Waals surface area contributed by atoms with Crippen molar-refractivity contribution in [2.45, 2.75) is 110 Å². The molecule has 4 nitrogen and oxygen atoms in total. The quantitative estimate of drug-likeness (QED) is 0.457. The summed E-state index contributed by atoms with van der Waals surface area (Å²) in [6.45, 7) is 13.8. The van der Waals surface area contributed by atoms with Gasteiger partial charge in [0, 0.05) is 18.3 Å². The zero-order valence-electron chi connectivity index (χ0n) is 23.3. The van der Waals surface area contributed by atoms with E-state index in [2.05, 4.69) is 76.0 Å². The number of nitrogens with one attached hydrogen (secondary N) is 1. The molecule has 36 heavy (non-hydrogen) atoms. The first-order chi connectivity index (χ1) is 16.9. The molecular formula is C32H46N2O2. The molecule has 4 rings (SSSR count). The van der Waals surface area contributed by atoms with Crippen LogP contribution in [0, 0.1) is 5.92 Å². The van der Waals surface area contributed by atoms with Gasteiger partial charge >= 0.3 is 6.03 Å². The smallest absolute Gasteiger partial charge is 0.322 e. The molecule has 1 saturated heterocycles. The maximum atomic E-state index is 13.4. The highest BCUT2D eigenvalue weighted by Gasteiger charge is 2.36. The van der Waals surface area contributed by atoms with Gasteiger partial charge in [0.25, 0.3) is 0 Å². The summed E-state index contributed by atoms with van der Waals surface area (Å²) in [6.07, 6.45) is 9.03. The zero-order chi connectivity index (χ0) is 26.1. The molecule has 4 heteroatoms. The number of likely N-dealkylation sites (tertiary alicyclic amines) is 1. The van der Waals surface area contributed by atoms with Gasteiger partial charge in [-0.05, 0) is 83.6 Å². The molecule has 1 heterocycles. The highest BCUT2D eigenvalue weighted by Crippen LogP contribution is 2.40. The third-order valence-corrected chi connectivity index (χ3v) is 8.23. The first-order valence-electron chi connectivity index (χ1n) is 14.0. The molecular weight excluding hydrogens is 444 g/mol. The average Bonchev–Trinajstić information content (AvgIpc) is 2.82. The summed E-state index contributed by atoms with van der Waals surface area (Å²) in [5.74, 6) is 1.10. The van der Waals surface area contributed by atoms with Gasteiger partial charge in [0.2, 0.25) is 0 Å². The Morgan fingerprint density at radius 2 is 1.53 bits per heavy atom. The number of anilines is 1. The Morgan fingerprint density at radius 3 is 2.19 bits per heavy atom. The number of carbonyl (C=O) groups excluding carboxylic acids is 1. The van der Waals surface area contributed by atoms with Crippen LogP contribution in [0.25, 0.3) is 0 Å². The fourth-order valence-electron chi connectivity index (χ4n) is 6.19. The van der Waals surface area contributed by atoms with Crippen molar-refractivity contribution >= 4 is 11.7 Å². The number of fused-ring (bicyclic) bond motifs is 1. The minimum Gasteiger partial charge on any atom is -0.507 e. The van der Waals surface area contributed by atoms with Crippen molar-refractivity contribution in [3.8, 4) is 5.75 Å². The van der Waals surface area contributed by atoms with E-state index in [1.807, 2.05) is 12.1 Å². The number of piperidine rings is 1. The van der Waals surface area contributed by atoms with Gasteiger partial charge in [-0.2, -0.15) is 0 Å². The molecule has 2 aromatic carbocycles. The van der Waals surface area contributed by atoms with Gasteiger partial charge in [0.05, 0.1) is 0 Å². The maximum absolute atomic E-state index is 13.4. The Kier molecular flexibility index (Phi) is 7.73. The Labute approximate surface area is 218 Å². The number of hydrogen-bond acceptors (Lipinski definition) is 2. The second kappa shape index (κ2) is 10.5. The van der Waals surface area contributed by atoms with Crippen LogP contribution < -0.4 is 5.32 Å². The molecule has 2 N–H and O–H groups in total. The molecule has 1 saturated carbocycles. The van der Waals surface area contributed by atoms with E-state index in [1.165, 1.54) is 31.2 Å². The molecule has 196 valence electrons. The normalized spacial score (nSPS) is 20.7. The van der Waals surface area contributed by atoms with Crippen LogP contribution in [0.1, 0.15) is 102 Å². The van der Waals surface area contributed by atoms with Crippen LogP contribution in [0.4, 0.5) is 10.5 Å². The predicted octanol–water partition coefficient (Wildman–Crippen LogP) is 7.96. The second-order valence-electron chi connectivity index (χ2n) is 13.1. The van der Waals surface area contributed by atoms with E-state index >= 15 is 0 Å². The Balaban J connectivity index is 1.52. The van der Waals surface area contributed by atoms with Crippen LogP contribution in [-0.4, -0.2) is 28.6 Å². The van der Waals surface area contributed by atoms with Gasteiger partial charge in [-0.1, -0.05) is 84.7 Å².